The first kappa shape index (κ1) is 20.8. The van der Waals surface area contributed by atoms with Crippen molar-refractivity contribution in [2.75, 3.05) is 5.75 Å². The van der Waals surface area contributed by atoms with Crippen LogP contribution in [-0.2, 0) is 13.6 Å². The van der Waals surface area contributed by atoms with Gasteiger partial charge in [-0.3, -0.25) is 14.3 Å². The Labute approximate surface area is 162 Å². The number of imidazole rings is 1. The monoisotopic (exact) mass is 398 g/mol. The van der Waals surface area contributed by atoms with E-state index in [2.05, 4.69) is 16.9 Å². The summed E-state index contributed by atoms with van der Waals surface area (Å²) in [4.78, 5) is 31.1. The molecule has 26 heavy (non-hydrogen) atoms. The quantitative estimate of drug-likeness (QED) is 0.484. The molecule has 0 unspecified atom stereocenters. The van der Waals surface area contributed by atoms with E-state index in [0.717, 1.165) is 17.3 Å². The van der Waals surface area contributed by atoms with E-state index >= 15 is 0 Å². The molecule has 0 aliphatic heterocycles. The fraction of sp³-hybridized carbons (Fsp3) is 0.611. The van der Waals surface area contributed by atoms with Crippen molar-refractivity contribution in [2.24, 2.45) is 7.05 Å². The molecule has 6 nitrogen and oxygen atoms in total. The molecule has 0 saturated heterocycles. The van der Waals surface area contributed by atoms with Crippen molar-refractivity contribution < 1.29 is 0 Å². The number of rotatable bonds is 10. The third-order valence-corrected chi connectivity index (χ3v) is 5.47. The first-order chi connectivity index (χ1) is 12.5. The minimum Gasteiger partial charge on any atom is -0.309 e. The number of hydrogen-bond acceptors (Lipinski definition) is 4. The van der Waals surface area contributed by atoms with E-state index in [0.29, 0.717) is 22.7 Å². The third kappa shape index (κ3) is 5.27. The second kappa shape index (κ2) is 10.0. The highest BCUT2D eigenvalue weighted by Gasteiger charge is 2.16. The molecular formula is C18H27ClN4O2S. The van der Waals surface area contributed by atoms with Crippen LogP contribution in [-0.4, -0.2) is 24.9 Å². The molecule has 1 N–H and O–H groups in total. The SMILES string of the molecule is CCCCCCCCSc1nc2c(c(=O)[nH]c(=O)n2C)n1C/C=C(/C)Cl. The predicted molar refractivity (Wildman–Crippen MR) is 109 cm³/mol. The molecule has 0 fully saturated rings. The molecule has 0 spiro atoms. The summed E-state index contributed by atoms with van der Waals surface area (Å²) in [6.07, 6.45) is 9.24. The summed E-state index contributed by atoms with van der Waals surface area (Å²) in [6, 6.07) is 0. The van der Waals surface area contributed by atoms with Gasteiger partial charge in [0.05, 0.1) is 0 Å². The van der Waals surface area contributed by atoms with Crippen molar-refractivity contribution in [2.45, 2.75) is 64.1 Å². The largest absolute Gasteiger partial charge is 0.329 e. The van der Waals surface area contributed by atoms with Crippen molar-refractivity contribution in [1.82, 2.24) is 19.1 Å². The molecule has 0 aromatic carbocycles. The molecule has 8 heteroatoms. The first-order valence-electron chi connectivity index (χ1n) is 9.10. The Morgan fingerprint density at radius 3 is 2.62 bits per heavy atom. The minimum absolute atomic E-state index is 0.407. The Bertz CT molecular complexity index is 878. The molecule has 0 radical (unpaired) electrons. The van der Waals surface area contributed by atoms with Crippen LogP contribution in [0.25, 0.3) is 11.2 Å². The van der Waals surface area contributed by atoms with Gasteiger partial charge in [0.25, 0.3) is 5.56 Å². The maximum Gasteiger partial charge on any atom is 0.329 e. The maximum absolute atomic E-state index is 12.3. The summed E-state index contributed by atoms with van der Waals surface area (Å²) in [5, 5.41) is 1.40. The van der Waals surface area contributed by atoms with Gasteiger partial charge in [-0.1, -0.05) is 68.5 Å². The normalized spacial score (nSPS) is 12.2. The molecule has 0 aliphatic carbocycles. The topological polar surface area (TPSA) is 72.7 Å². The lowest BCUT2D eigenvalue weighted by atomic mass is 10.1. The number of aryl methyl sites for hydroxylation is 1. The molecular weight excluding hydrogens is 372 g/mol. The number of unbranched alkanes of at least 4 members (excludes halogenated alkanes) is 5. The number of thioether (sulfide) groups is 1. The predicted octanol–water partition coefficient (Wildman–Crippen LogP) is 4.02. The Morgan fingerprint density at radius 2 is 1.92 bits per heavy atom. The lowest BCUT2D eigenvalue weighted by molar-refractivity contribution is 0.626. The number of H-pyrrole nitrogens is 1. The molecule has 0 amide bonds. The van der Waals surface area contributed by atoms with Gasteiger partial charge in [-0.05, 0) is 13.3 Å². The number of aromatic nitrogens is 4. The molecule has 2 aromatic rings. The third-order valence-electron chi connectivity index (χ3n) is 4.26. The Morgan fingerprint density at radius 1 is 1.23 bits per heavy atom. The highest BCUT2D eigenvalue weighted by atomic mass is 35.5. The average Bonchev–Trinajstić information content (AvgIpc) is 2.96. The van der Waals surface area contributed by atoms with Crippen molar-refractivity contribution in [3.63, 3.8) is 0 Å². The molecule has 0 saturated carbocycles. The van der Waals surface area contributed by atoms with E-state index in [1.165, 1.54) is 36.7 Å². The van der Waals surface area contributed by atoms with Gasteiger partial charge in [-0.2, -0.15) is 0 Å². The van der Waals surface area contributed by atoms with Crippen LogP contribution in [0.5, 0.6) is 0 Å². The first-order valence-corrected chi connectivity index (χ1v) is 10.5. The number of nitrogens with zero attached hydrogens (tertiary/aromatic N) is 3. The van der Waals surface area contributed by atoms with E-state index in [9.17, 15) is 9.59 Å². The number of aromatic amines is 1. The van der Waals surface area contributed by atoms with Gasteiger partial charge in [-0.25, -0.2) is 9.78 Å². The zero-order chi connectivity index (χ0) is 19.1. The van der Waals surface area contributed by atoms with E-state index in [4.69, 9.17) is 11.6 Å². The van der Waals surface area contributed by atoms with Crippen LogP contribution in [0.1, 0.15) is 52.4 Å². The lowest BCUT2D eigenvalue weighted by Crippen LogP contribution is -2.29. The van der Waals surface area contributed by atoms with E-state index < -0.39 is 11.2 Å². The Hall–Kier alpha value is -1.47. The van der Waals surface area contributed by atoms with E-state index in [1.54, 1.807) is 25.7 Å². The Balaban J connectivity index is 2.21. The summed E-state index contributed by atoms with van der Waals surface area (Å²) in [5.41, 5.74) is -0.0529. The van der Waals surface area contributed by atoms with Crippen LogP contribution in [0.4, 0.5) is 0 Å². The van der Waals surface area contributed by atoms with Crippen LogP contribution < -0.4 is 11.2 Å². The smallest absolute Gasteiger partial charge is 0.309 e. The van der Waals surface area contributed by atoms with E-state index in [1.807, 2.05) is 10.6 Å². The zero-order valence-electron chi connectivity index (χ0n) is 15.7. The van der Waals surface area contributed by atoms with Crippen molar-refractivity contribution in [3.05, 3.63) is 31.9 Å². The number of fused-ring (bicyclic) bond motifs is 1. The van der Waals surface area contributed by atoms with Gasteiger partial charge in [0.15, 0.2) is 16.3 Å². The number of halogens is 1. The standard InChI is InChI=1S/C18H27ClN4O2S/c1-4-5-6-7-8-9-12-26-18-20-15-14(23(18)11-10-13(2)19)16(24)21-17(25)22(15)3/h10H,4-9,11-12H2,1-3H3,(H,21,24,25)/b13-10-. The number of nitrogens with one attached hydrogen (secondary N) is 1. The maximum atomic E-state index is 12.3. The van der Waals surface area contributed by atoms with Crippen LogP contribution in [0.15, 0.2) is 25.9 Å². The van der Waals surface area contributed by atoms with E-state index in [-0.39, 0.29) is 0 Å². The Kier molecular flexibility index (Phi) is 8.03. The molecule has 144 valence electrons. The number of allylic oxidation sites excluding steroid dienone is 2. The number of hydrogen-bond donors (Lipinski definition) is 1. The lowest BCUT2D eigenvalue weighted by Gasteiger charge is -2.06. The molecule has 2 rings (SSSR count). The van der Waals surface area contributed by atoms with Crippen LogP contribution >= 0.6 is 23.4 Å². The van der Waals surface area contributed by atoms with Crippen LogP contribution in [0.2, 0.25) is 0 Å². The van der Waals surface area contributed by atoms with Gasteiger partial charge in [0, 0.05) is 24.4 Å². The zero-order valence-corrected chi connectivity index (χ0v) is 17.3. The minimum atomic E-state index is -0.455. The van der Waals surface area contributed by atoms with Gasteiger partial charge < -0.3 is 4.57 Å². The fourth-order valence-electron chi connectivity index (χ4n) is 2.76. The van der Waals surface area contributed by atoms with Gasteiger partial charge >= 0.3 is 5.69 Å². The fourth-order valence-corrected chi connectivity index (χ4v) is 3.83. The van der Waals surface area contributed by atoms with Gasteiger partial charge in [0.1, 0.15) is 0 Å². The van der Waals surface area contributed by atoms with Crippen molar-refractivity contribution in [1.29, 1.82) is 0 Å². The average molecular weight is 399 g/mol. The van der Waals surface area contributed by atoms with Crippen LogP contribution in [0.3, 0.4) is 0 Å². The summed E-state index contributed by atoms with van der Waals surface area (Å²) in [7, 11) is 1.61. The molecule has 0 aliphatic rings. The van der Waals surface area contributed by atoms with Gasteiger partial charge in [-0.15, -0.1) is 0 Å². The highest BCUT2D eigenvalue weighted by Crippen LogP contribution is 2.23. The van der Waals surface area contributed by atoms with Crippen LogP contribution in [0, 0.1) is 0 Å². The second-order valence-electron chi connectivity index (χ2n) is 6.40. The second-order valence-corrected chi connectivity index (χ2v) is 8.06. The highest BCUT2D eigenvalue weighted by molar-refractivity contribution is 7.99. The molecule has 0 bridgehead atoms. The van der Waals surface area contributed by atoms with Crippen molar-refractivity contribution in [3.8, 4) is 0 Å². The summed E-state index contributed by atoms with van der Waals surface area (Å²) in [6.45, 7) is 4.46. The molecule has 2 aromatic heterocycles. The van der Waals surface area contributed by atoms with Gasteiger partial charge in [0.2, 0.25) is 0 Å². The molecule has 0 atom stereocenters. The van der Waals surface area contributed by atoms with Crippen molar-refractivity contribution >= 4 is 34.5 Å². The summed E-state index contributed by atoms with van der Waals surface area (Å²) >= 11 is 7.58. The summed E-state index contributed by atoms with van der Waals surface area (Å²) < 4.78 is 3.21. The summed E-state index contributed by atoms with van der Waals surface area (Å²) in [5.74, 6) is 0.935. The molecule has 2 heterocycles.